The van der Waals surface area contributed by atoms with Crippen LogP contribution in [0.4, 0.5) is 0 Å². The Bertz CT molecular complexity index is 726. The van der Waals surface area contributed by atoms with Crippen molar-refractivity contribution in [3.63, 3.8) is 0 Å². The molecule has 0 aliphatic heterocycles. The molecule has 0 radical (unpaired) electrons. The minimum atomic E-state index is -0.510. The predicted molar refractivity (Wildman–Crippen MR) is 70.9 cm³/mol. The molecule has 0 saturated heterocycles. The van der Waals surface area contributed by atoms with Crippen LogP contribution in [0, 0.1) is 0 Å². The van der Waals surface area contributed by atoms with E-state index < -0.39 is 5.97 Å². The van der Waals surface area contributed by atoms with Gasteiger partial charge in [0.05, 0.1) is 5.52 Å². The van der Waals surface area contributed by atoms with E-state index in [-0.39, 0.29) is 5.69 Å². The van der Waals surface area contributed by atoms with Crippen molar-refractivity contribution in [3.05, 3.63) is 66.4 Å². The molecule has 0 aliphatic rings. The van der Waals surface area contributed by atoms with Gasteiger partial charge >= 0.3 is 5.97 Å². The van der Waals surface area contributed by atoms with Crippen LogP contribution in [-0.4, -0.2) is 16.2 Å². The van der Waals surface area contributed by atoms with Gasteiger partial charge in [0.2, 0.25) is 0 Å². The number of nitrogens with zero attached hydrogens (tertiary/aromatic N) is 2. The molecule has 0 spiro atoms. The lowest BCUT2D eigenvalue weighted by atomic mass is 10.2. The van der Waals surface area contributed by atoms with Gasteiger partial charge in [-0.2, -0.15) is 0 Å². The maximum atomic E-state index is 11.9. The summed E-state index contributed by atoms with van der Waals surface area (Å²) >= 11 is 0. The first-order valence-electron chi connectivity index (χ1n) is 5.82. The van der Waals surface area contributed by atoms with E-state index in [0.29, 0.717) is 5.75 Å². The van der Waals surface area contributed by atoms with Gasteiger partial charge in [-0.3, -0.25) is 0 Å². The summed E-state index contributed by atoms with van der Waals surface area (Å²) < 4.78 is 5.21. The molecule has 0 unspecified atom stereocenters. The highest BCUT2D eigenvalue weighted by Crippen LogP contribution is 2.14. The van der Waals surface area contributed by atoms with E-state index in [1.807, 2.05) is 30.3 Å². The molecule has 3 rings (SSSR count). The van der Waals surface area contributed by atoms with Crippen molar-refractivity contribution in [2.45, 2.75) is 0 Å². The number of hydrogen-bond acceptors (Lipinski definition) is 4. The third kappa shape index (κ3) is 2.42. The standard InChI is InChI=1S/C15H10N2O2/c18-15(19-12-7-2-1-3-8-12)14-10-11-6-4-5-9-13(11)16-17-14/h1-10H. The fourth-order valence-electron chi connectivity index (χ4n) is 1.73. The van der Waals surface area contributed by atoms with E-state index in [0.717, 1.165) is 10.9 Å². The van der Waals surface area contributed by atoms with Crippen molar-refractivity contribution in [1.82, 2.24) is 10.2 Å². The van der Waals surface area contributed by atoms with Crippen molar-refractivity contribution >= 4 is 16.9 Å². The predicted octanol–water partition coefficient (Wildman–Crippen LogP) is 2.85. The molecule has 0 fully saturated rings. The Kier molecular flexibility index (Phi) is 2.90. The lowest BCUT2D eigenvalue weighted by molar-refractivity contribution is 0.0727. The summed E-state index contributed by atoms with van der Waals surface area (Å²) in [4.78, 5) is 11.9. The van der Waals surface area contributed by atoms with Crippen LogP contribution in [0.15, 0.2) is 60.7 Å². The molecule has 3 aromatic rings. The number of rotatable bonds is 2. The first kappa shape index (κ1) is 11.3. The molecule has 4 heteroatoms. The maximum absolute atomic E-state index is 11.9. The summed E-state index contributed by atoms with van der Waals surface area (Å²) in [5.74, 6) is -0.0214. The number of fused-ring (bicyclic) bond motifs is 1. The molecule has 2 aromatic carbocycles. The Labute approximate surface area is 109 Å². The van der Waals surface area contributed by atoms with E-state index in [1.165, 1.54) is 0 Å². The van der Waals surface area contributed by atoms with Gasteiger partial charge in [-0.25, -0.2) is 4.79 Å². The Morgan fingerprint density at radius 2 is 1.63 bits per heavy atom. The molecular formula is C15H10N2O2. The van der Waals surface area contributed by atoms with E-state index in [9.17, 15) is 4.79 Å². The zero-order valence-electron chi connectivity index (χ0n) is 9.98. The number of carbonyl (C=O) groups is 1. The van der Waals surface area contributed by atoms with Gasteiger partial charge in [-0.15, -0.1) is 10.2 Å². The number of hydrogen-bond donors (Lipinski definition) is 0. The minimum absolute atomic E-state index is 0.197. The number of esters is 1. The zero-order chi connectivity index (χ0) is 13.1. The van der Waals surface area contributed by atoms with Gasteiger partial charge in [0.15, 0.2) is 5.69 Å². The maximum Gasteiger partial charge on any atom is 0.364 e. The number of benzene rings is 2. The average molecular weight is 250 g/mol. The van der Waals surface area contributed by atoms with Crippen LogP contribution < -0.4 is 4.74 Å². The molecule has 0 aliphatic carbocycles. The van der Waals surface area contributed by atoms with Crippen molar-refractivity contribution < 1.29 is 9.53 Å². The fraction of sp³-hybridized carbons (Fsp3) is 0. The number of ether oxygens (including phenoxy) is 1. The molecule has 19 heavy (non-hydrogen) atoms. The van der Waals surface area contributed by atoms with Crippen LogP contribution in [0.2, 0.25) is 0 Å². The van der Waals surface area contributed by atoms with Gasteiger partial charge in [0, 0.05) is 5.39 Å². The van der Waals surface area contributed by atoms with Crippen molar-refractivity contribution in [3.8, 4) is 5.75 Å². The molecule has 0 atom stereocenters. The molecule has 0 saturated carbocycles. The molecule has 1 aromatic heterocycles. The highest BCUT2D eigenvalue weighted by molar-refractivity contribution is 5.92. The molecule has 92 valence electrons. The lowest BCUT2D eigenvalue weighted by Gasteiger charge is -2.03. The number of para-hydroxylation sites is 1. The van der Waals surface area contributed by atoms with E-state index in [2.05, 4.69) is 10.2 Å². The van der Waals surface area contributed by atoms with Gasteiger partial charge in [0.1, 0.15) is 5.75 Å². The SMILES string of the molecule is O=C(Oc1ccccc1)c1cc2ccccc2nn1. The summed E-state index contributed by atoms with van der Waals surface area (Å²) in [5, 5.41) is 8.73. The monoisotopic (exact) mass is 250 g/mol. The van der Waals surface area contributed by atoms with E-state index >= 15 is 0 Å². The van der Waals surface area contributed by atoms with Gasteiger partial charge in [0.25, 0.3) is 0 Å². The number of carbonyl (C=O) groups excluding carboxylic acids is 1. The summed E-state index contributed by atoms with van der Waals surface area (Å²) in [7, 11) is 0. The van der Waals surface area contributed by atoms with Crippen molar-refractivity contribution in [2.75, 3.05) is 0 Å². The fourth-order valence-corrected chi connectivity index (χ4v) is 1.73. The van der Waals surface area contributed by atoms with Gasteiger partial charge in [-0.05, 0) is 24.3 Å². The molecule has 1 heterocycles. The van der Waals surface area contributed by atoms with Crippen LogP contribution in [0.3, 0.4) is 0 Å². The quantitative estimate of drug-likeness (QED) is 0.518. The highest BCUT2D eigenvalue weighted by Gasteiger charge is 2.11. The van der Waals surface area contributed by atoms with Crippen molar-refractivity contribution in [2.24, 2.45) is 0 Å². The zero-order valence-corrected chi connectivity index (χ0v) is 9.98. The molecule has 0 N–H and O–H groups in total. The normalized spacial score (nSPS) is 10.3. The smallest absolute Gasteiger partial charge is 0.364 e. The molecule has 0 bridgehead atoms. The molecule has 4 nitrogen and oxygen atoms in total. The largest absolute Gasteiger partial charge is 0.422 e. The Morgan fingerprint density at radius 3 is 2.47 bits per heavy atom. The molecule has 0 amide bonds. The van der Waals surface area contributed by atoms with Crippen LogP contribution in [0.1, 0.15) is 10.5 Å². The average Bonchev–Trinajstić information content (AvgIpc) is 2.48. The lowest BCUT2D eigenvalue weighted by Crippen LogP contribution is -2.11. The summed E-state index contributed by atoms with van der Waals surface area (Å²) in [6.45, 7) is 0. The third-order valence-corrected chi connectivity index (χ3v) is 2.66. The highest BCUT2D eigenvalue weighted by atomic mass is 16.5. The summed E-state index contributed by atoms with van der Waals surface area (Å²) in [5.41, 5.74) is 0.946. The van der Waals surface area contributed by atoms with E-state index in [1.54, 1.807) is 30.3 Å². The minimum Gasteiger partial charge on any atom is -0.422 e. The Hall–Kier alpha value is -2.75. The topological polar surface area (TPSA) is 52.1 Å². The second kappa shape index (κ2) is 4.86. The Balaban J connectivity index is 1.89. The van der Waals surface area contributed by atoms with Crippen LogP contribution >= 0.6 is 0 Å². The van der Waals surface area contributed by atoms with Crippen LogP contribution in [0.5, 0.6) is 5.75 Å². The van der Waals surface area contributed by atoms with Gasteiger partial charge in [-0.1, -0.05) is 36.4 Å². The first-order valence-corrected chi connectivity index (χ1v) is 5.82. The Morgan fingerprint density at radius 1 is 0.895 bits per heavy atom. The third-order valence-electron chi connectivity index (χ3n) is 2.66. The van der Waals surface area contributed by atoms with E-state index in [4.69, 9.17) is 4.74 Å². The summed E-state index contributed by atoms with van der Waals surface area (Å²) in [6.07, 6.45) is 0. The summed E-state index contributed by atoms with van der Waals surface area (Å²) in [6, 6.07) is 18.0. The second-order valence-corrected chi connectivity index (χ2v) is 3.99. The van der Waals surface area contributed by atoms with Crippen molar-refractivity contribution in [1.29, 1.82) is 0 Å². The van der Waals surface area contributed by atoms with Crippen LogP contribution in [0.25, 0.3) is 10.9 Å². The van der Waals surface area contributed by atoms with Crippen LogP contribution in [-0.2, 0) is 0 Å². The molecular weight excluding hydrogens is 240 g/mol. The van der Waals surface area contributed by atoms with Gasteiger partial charge < -0.3 is 4.74 Å². The second-order valence-electron chi connectivity index (χ2n) is 3.99. The first-order chi connectivity index (χ1) is 9.33. The number of aromatic nitrogens is 2.